The van der Waals surface area contributed by atoms with Crippen LogP contribution >= 0.6 is 0 Å². The molecule has 4 aromatic rings. The SMILES string of the molecule is CC(=O)c1[nH]n(-c2cc(S(=O)(=O)O)ccc2OS(=O)O)c(=O)c1C=CC=C=Cc1c(C(C)=O)[nH]n(-c2cc(S(=O)(=O)O)ccc2S(=O)(=O)O)c1=O. The fraction of sp³-hybridized carbons (Fsp3) is 0.0741. The lowest BCUT2D eigenvalue weighted by Gasteiger charge is -2.09. The normalized spacial score (nSPS) is 12.7. The fourth-order valence-electron chi connectivity index (χ4n) is 4.43. The molecule has 51 heavy (non-hydrogen) atoms. The molecule has 0 fully saturated rings. The highest BCUT2D eigenvalue weighted by molar-refractivity contribution is 7.86. The topological polar surface area (TPSA) is 319 Å². The zero-order valence-corrected chi connectivity index (χ0v) is 28.8. The zero-order valence-electron chi connectivity index (χ0n) is 25.5. The third-order valence-corrected chi connectivity index (χ3v) is 9.54. The van der Waals surface area contributed by atoms with Gasteiger partial charge in [0.05, 0.1) is 26.6 Å². The first-order chi connectivity index (χ1) is 23.5. The van der Waals surface area contributed by atoms with E-state index in [9.17, 15) is 66.9 Å². The van der Waals surface area contributed by atoms with Crippen molar-refractivity contribution in [2.75, 3.05) is 0 Å². The van der Waals surface area contributed by atoms with Gasteiger partial charge < -0.3 is 4.18 Å². The molecule has 2 aromatic heterocycles. The summed E-state index contributed by atoms with van der Waals surface area (Å²) in [5.41, 5.74) is -2.44. The second kappa shape index (κ2) is 14.1. The molecule has 0 bridgehead atoms. The van der Waals surface area contributed by atoms with Crippen LogP contribution in [0.4, 0.5) is 0 Å². The van der Waals surface area contributed by atoms with Crippen LogP contribution in [0, 0.1) is 0 Å². The smallest absolute Gasteiger partial charge is 0.357 e. The van der Waals surface area contributed by atoms with E-state index in [0.29, 0.717) is 27.6 Å². The molecule has 20 nitrogen and oxygen atoms in total. The average molecular weight is 787 g/mol. The Labute approximate surface area is 288 Å². The zero-order chi connectivity index (χ0) is 38.2. The van der Waals surface area contributed by atoms with Crippen LogP contribution in [0.5, 0.6) is 5.75 Å². The van der Waals surface area contributed by atoms with Crippen molar-refractivity contribution in [3.8, 4) is 17.1 Å². The first-order valence-corrected chi connectivity index (χ1v) is 18.7. The summed E-state index contributed by atoms with van der Waals surface area (Å²) in [4.78, 5) is 48.8. The van der Waals surface area contributed by atoms with Gasteiger partial charge in [-0.1, -0.05) is 6.08 Å². The van der Waals surface area contributed by atoms with Gasteiger partial charge in [0.2, 0.25) is 0 Å². The van der Waals surface area contributed by atoms with E-state index < -0.39 is 107 Å². The maximum Gasteiger partial charge on any atom is 0.357 e. The minimum absolute atomic E-state index is 0.334. The first kappa shape index (κ1) is 38.5. The Morgan fingerprint density at radius 2 is 1.27 bits per heavy atom. The average Bonchev–Trinajstić information content (AvgIpc) is 3.51. The number of aromatic amines is 2. The molecule has 0 spiro atoms. The third-order valence-electron chi connectivity index (χ3n) is 6.62. The van der Waals surface area contributed by atoms with Crippen molar-refractivity contribution in [1.82, 2.24) is 19.6 Å². The molecule has 0 radical (unpaired) electrons. The lowest BCUT2D eigenvalue weighted by atomic mass is 10.1. The second-order valence-corrected chi connectivity index (χ2v) is 14.8. The lowest BCUT2D eigenvalue weighted by molar-refractivity contribution is 0.0999. The number of nitrogens with zero attached hydrogens (tertiary/aromatic N) is 2. The van der Waals surface area contributed by atoms with E-state index in [1.165, 1.54) is 0 Å². The molecule has 1 unspecified atom stereocenters. The summed E-state index contributed by atoms with van der Waals surface area (Å²) in [7, 11) is -14.9. The van der Waals surface area contributed by atoms with Gasteiger partial charge in [0.15, 0.2) is 17.3 Å². The highest BCUT2D eigenvalue weighted by atomic mass is 32.2. The Morgan fingerprint density at radius 1 is 0.784 bits per heavy atom. The summed E-state index contributed by atoms with van der Waals surface area (Å²) in [6, 6.07) is 4.22. The number of rotatable bonds is 12. The Kier molecular flexibility index (Phi) is 10.7. The molecule has 0 amide bonds. The molecule has 2 heterocycles. The third kappa shape index (κ3) is 8.37. The largest absolute Gasteiger partial charge is 0.378 e. The molecule has 4 rings (SSSR count). The van der Waals surface area contributed by atoms with E-state index >= 15 is 0 Å². The molecule has 1 atom stereocenters. The Hall–Kier alpha value is -5.30. The molecule has 2 aromatic carbocycles. The molecule has 0 aliphatic rings. The number of allylic oxidation sites excluding steroid dienone is 2. The van der Waals surface area contributed by atoms with Gasteiger partial charge in [-0.3, -0.25) is 47.6 Å². The number of benzene rings is 2. The second-order valence-electron chi connectivity index (χ2n) is 10.0. The van der Waals surface area contributed by atoms with E-state index in [1.807, 2.05) is 0 Å². The summed E-state index contributed by atoms with van der Waals surface area (Å²) in [6.45, 7) is 2.09. The van der Waals surface area contributed by atoms with E-state index in [1.54, 1.807) is 0 Å². The van der Waals surface area contributed by atoms with E-state index in [0.717, 1.165) is 56.4 Å². The molecule has 0 saturated heterocycles. The van der Waals surface area contributed by atoms with Crippen LogP contribution in [-0.2, 0) is 41.7 Å². The number of carbonyl (C=O) groups is 2. The summed E-state index contributed by atoms with van der Waals surface area (Å²) >= 11 is -2.95. The number of H-pyrrole nitrogens is 2. The van der Waals surface area contributed by atoms with Gasteiger partial charge in [-0.05, 0) is 54.6 Å². The maximum atomic E-state index is 13.3. The summed E-state index contributed by atoms with van der Waals surface area (Å²) in [5, 5.41) is 4.74. The summed E-state index contributed by atoms with van der Waals surface area (Å²) in [6.07, 6.45) is 4.24. The fourth-order valence-corrected chi connectivity index (χ4v) is 6.38. The van der Waals surface area contributed by atoms with Gasteiger partial charge in [-0.15, -0.1) is 5.73 Å². The van der Waals surface area contributed by atoms with Gasteiger partial charge in [-0.2, -0.15) is 29.5 Å². The van der Waals surface area contributed by atoms with Crippen LogP contribution in [0.25, 0.3) is 23.5 Å². The summed E-state index contributed by atoms with van der Waals surface area (Å²) in [5.74, 6) is -1.98. The number of carbonyl (C=O) groups excluding carboxylic acids is 2. The van der Waals surface area contributed by atoms with Crippen LogP contribution in [0.3, 0.4) is 0 Å². The minimum Gasteiger partial charge on any atom is -0.378 e. The summed E-state index contributed by atoms with van der Waals surface area (Å²) < 4.78 is 125. The van der Waals surface area contributed by atoms with E-state index in [4.69, 9.17) is 4.18 Å². The van der Waals surface area contributed by atoms with Crippen molar-refractivity contribution in [2.45, 2.75) is 28.5 Å². The predicted molar refractivity (Wildman–Crippen MR) is 175 cm³/mol. The van der Waals surface area contributed by atoms with Crippen molar-refractivity contribution in [2.24, 2.45) is 0 Å². The minimum atomic E-state index is -5.09. The van der Waals surface area contributed by atoms with Crippen LogP contribution in [0.15, 0.2) is 78.6 Å². The van der Waals surface area contributed by atoms with Crippen LogP contribution in [-0.4, -0.2) is 78.8 Å². The number of aromatic nitrogens is 4. The monoisotopic (exact) mass is 786 g/mol. The number of hydrogen-bond donors (Lipinski definition) is 6. The number of ketones is 2. The number of hydrogen-bond acceptors (Lipinski definition) is 12. The highest BCUT2D eigenvalue weighted by Crippen LogP contribution is 2.27. The van der Waals surface area contributed by atoms with Crippen molar-refractivity contribution in [3.63, 3.8) is 0 Å². The van der Waals surface area contributed by atoms with Gasteiger partial charge >= 0.3 is 11.4 Å². The van der Waals surface area contributed by atoms with Crippen molar-refractivity contribution < 1.29 is 61.4 Å². The van der Waals surface area contributed by atoms with Crippen molar-refractivity contribution in [1.29, 1.82) is 0 Å². The van der Waals surface area contributed by atoms with E-state index in [-0.39, 0.29) is 11.3 Å². The Morgan fingerprint density at radius 3 is 1.78 bits per heavy atom. The molecule has 24 heteroatoms. The van der Waals surface area contributed by atoms with Crippen LogP contribution < -0.4 is 15.3 Å². The molecular formula is C27H22N4O16S4. The molecule has 0 saturated carbocycles. The van der Waals surface area contributed by atoms with Gasteiger partial charge in [0.25, 0.3) is 41.5 Å². The van der Waals surface area contributed by atoms with Gasteiger partial charge in [0, 0.05) is 13.8 Å². The highest BCUT2D eigenvalue weighted by Gasteiger charge is 2.25. The Bertz CT molecular complexity index is 2710. The van der Waals surface area contributed by atoms with Gasteiger partial charge in [0.1, 0.15) is 22.0 Å². The predicted octanol–water partition coefficient (Wildman–Crippen LogP) is 1.19. The van der Waals surface area contributed by atoms with Gasteiger partial charge in [-0.25, -0.2) is 9.36 Å². The number of Topliss-reactive ketones (excluding diaryl/α,β-unsaturated/α-hetero) is 2. The number of nitrogens with one attached hydrogen (secondary N) is 2. The quantitative estimate of drug-likeness (QED) is 0.0386. The molecule has 0 aliphatic heterocycles. The first-order valence-electron chi connectivity index (χ1n) is 13.3. The maximum absolute atomic E-state index is 13.3. The molecule has 0 aliphatic carbocycles. The van der Waals surface area contributed by atoms with Crippen molar-refractivity contribution in [3.05, 3.63) is 97.5 Å². The van der Waals surface area contributed by atoms with Crippen LogP contribution in [0.2, 0.25) is 0 Å². The molecule has 270 valence electrons. The Balaban J connectivity index is 1.83. The molecular weight excluding hydrogens is 765 g/mol. The van der Waals surface area contributed by atoms with Crippen LogP contribution in [0.1, 0.15) is 46.0 Å². The molecule has 6 N–H and O–H groups in total. The standard InChI is InChI=1S/C27H22N4O16S4/c1-14(32)24-18(26(34)30(28-24)20-12-16(49(38,39)40)8-10-22(20)47-48(36)37)6-4-3-5-7-19-25(15(2)33)29-31(27(19)35)21-13-17(50(41,42)43)9-11-23(21)51(44,45)46/h3-4,6-13,28-29H,1-2H3,(H,36,37)(H,38,39,40)(H,41,42,43)(H,44,45,46). The van der Waals surface area contributed by atoms with E-state index in [2.05, 4.69) is 15.9 Å². The lowest BCUT2D eigenvalue weighted by Crippen LogP contribution is -2.19. The van der Waals surface area contributed by atoms with Crippen molar-refractivity contribution >= 4 is 65.4 Å².